The van der Waals surface area contributed by atoms with Crippen molar-refractivity contribution in [1.29, 1.82) is 0 Å². The standard InChI is InChI=1S/C18H26N2O3S2/c21-18(19-10-13-24-16-7-1-2-8-16)15-6-5-9-17(14-15)25(22,23)20-11-3-4-12-20/h5-6,9,14,16H,1-4,7-8,10-13H2,(H,19,21). The van der Waals surface area contributed by atoms with Crippen molar-refractivity contribution in [1.82, 2.24) is 9.62 Å². The van der Waals surface area contributed by atoms with Gasteiger partial charge in [-0.15, -0.1) is 0 Å². The predicted octanol–water partition coefficient (Wildman–Crippen LogP) is 2.88. The molecule has 1 aromatic carbocycles. The highest BCUT2D eigenvalue weighted by atomic mass is 32.2. The summed E-state index contributed by atoms with van der Waals surface area (Å²) in [5.41, 5.74) is 0.408. The van der Waals surface area contributed by atoms with Gasteiger partial charge in [-0.1, -0.05) is 18.9 Å². The van der Waals surface area contributed by atoms with Gasteiger partial charge in [-0.2, -0.15) is 16.1 Å². The minimum absolute atomic E-state index is 0.203. The lowest BCUT2D eigenvalue weighted by Crippen LogP contribution is -2.29. The number of carbonyl (C=O) groups excluding carboxylic acids is 1. The molecule has 1 N–H and O–H groups in total. The van der Waals surface area contributed by atoms with Crippen LogP contribution in [0.1, 0.15) is 48.9 Å². The zero-order valence-corrected chi connectivity index (χ0v) is 16.1. The Bertz CT molecular complexity index is 694. The van der Waals surface area contributed by atoms with Crippen molar-refractivity contribution in [3.8, 4) is 0 Å². The first-order valence-corrected chi connectivity index (χ1v) is 11.6. The largest absolute Gasteiger partial charge is 0.351 e. The van der Waals surface area contributed by atoms with E-state index in [9.17, 15) is 13.2 Å². The lowest BCUT2D eigenvalue weighted by molar-refractivity contribution is 0.0956. The normalized spacial score (nSPS) is 19.4. The van der Waals surface area contributed by atoms with Crippen molar-refractivity contribution in [2.45, 2.75) is 48.7 Å². The third-order valence-electron chi connectivity index (χ3n) is 4.84. The number of sulfonamides is 1. The molecular formula is C18H26N2O3S2. The molecule has 0 bridgehead atoms. The Labute approximate surface area is 154 Å². The van der Waals surface area contributed by atoms with E-state index in [1.54, 1.807) is 18.2 Å². The zero-order chi connectivity index (χ0) is 17.7. The van der Waals surface area contributed by atoms with Crippen molar-refractivity contribution >= 4 is 27.7 Å². The number of thioether (sulfide) groups is 1. The first kappa shape index (κ1) is 18.7. The summed E-state index contributed by atoms with van der Waals surface area (Å²) in [4.78, 5) is 12.5. The number of amides is 1. The van der Waals surface area contributed by atoms with Gasteiger partial charge in [-0.25, -0.2) is 8.42 Å². The molecular weight excluding hydrogens is 356 g/mol. The number of nitrogens with zero attached hydrogens (tertiary/aromatic N) is 1. The summed E-state index contributed by atoms with van der Waals surface area (Å²) in [6, 6.07) is 6.38. The molecule has 1 aliphatic heterocycles. The van der Waals surface area contributed by atoms with E-state index in [1.165, 1.54) is 36.1 Å². The smallest absolute Gasteiger partial charge is 0.251 e. The minimum atomic E-state index is -3.48. The highest BCUT2D eigenvalue weighted by molar-refractivity contribution is 7.99. The predicted molar refractivity (Wildman–Crippen MR) is 101 cm³/mol. The van der Waals surface area contributed by atoms with Gasteiger partial charge in [-0.05, 0) is 43.9 Å². The first-order valence-electron chi connectivity index (χ1n) is 9.07. The molecule has 2 fully saturated rings. The van der Waals surface area contributed by atoms with Crippen LogP contribution in [0.25, 0.3) is 0 Å². The Hall–Kier alpha value is -1.05. The van der Waals surface area contributed by atoms with Crippen LogP contribution < -0.4 is 5.32 Å². The molecule has 1 saturated carbocycles. The Kier molecular flexibility index (Phi) is 6.41. The van der Waals surface area contributed by atoms with Crippen LogP contribution >= 0.6 is 11.8 Å². The maximum Gasteiger partial charge on any atom is 0.251 e. The fraction of sp³-hybridized carbons (Fsp3) is 0.611. The second-order valence-electron chi connectivity index (χ2n) is 6.67. The van der Waals surface area contributed by atoms with Gasteiger partial charge in [0.2, 0.25) is 10.0 Å². The third-order valence-corrected chi connectivity index (χ3v) is 8.12. The molecule has 7 heteroatoms. The van der Waals surface area contributed by atoms with E-state index in [1.807, 2.05) is 11.8 Å². The van der Waals surface area contributed by atoms with Crippen molar-refractivity contribution < 1.29 is 13.2 Å². The SMILES string of the molecule is O=C(NCCSC1CCCC1)c1cccc(S(=O)(=O)N2CCCC2)c1. The van der Waals surface area contributed by atoms with Gasteiger partial charge in [0.15, 0.2) is 0 Å². The summed E-state index contributed by atoms with van der Waals surface area (Å²) in [7, 11) is -3.48. The van der Waals surface area contributed by atoms with Crippen LogP contribution in [0.15, 0.2) is 29.2 Å². The van der Waals surface area contributed by atoms with E-state index in [-0.39, 0.29) is 10.8 Å². The Morgan fingerprint density at radius 1 is 1.16 bits per heavy atom. The molecule has 0 radical (unpaired) electrons. The monoisotopic (exact) mass is 382 g/mol. The van der Waals surface area contributed by atoms with E-state index in [2.05, 4.69) is 5.32 Å². The molecule has 0 spiro atoms. The molecule has 5 nitrogen and oxygen atoms in total. The van der Waals surface area contributed by atoms with Crippen molar-refractivity contribution in [3.63, 3.8) is 0 Å². The molecule has 1 heterocycles. The van der Waals surface area contributed by atoms with Gasteiger partial charge in [0, 0.05) is 36.2 Å². The Morgan fingerprint density at radius 3 is 2.60 bits per heavy atom. The number of nitrogens with one attached hydrogen (secondary N) is 1. The molecule has 138 valence electrons. The fourth-order valence-corrected chi connectivity index (χ4v) is 6.21. The van der Waals surface area contributed by atoms with Gasteiger partial charge in [0.25, 0.3) is 5.91 Å². The van der Waals surface area contributed by atoms with Crippen LogP contribution in [0.5, 0.6) is 0 Å². The molecule has 0 atom stereocenters. The summed E-state index contributed by atoms with van der Waals surface area (Å²) in [5.74, 6) is 0.702. The molecule has 2 aliphatic rings. The number of hydrogen-bond acceptors (Lipinski definition) is 4. The average Bonchev–Trinajstić information content (AvgIpc) is 3.32. The van der Waals surface area contributed by atoms with E-state index >= 15 is 0 Å². The number of carbonyl (C=O) groups is 1. The molecule has 3 rings (SSSR count). The van der Waals surface area contributed by atoms with E-state index in [0.29, 0.717) is 25.2 Å². The van der Waals surface area contributed by atoms with Gasteiger partial charge in [-0.3, -0.25) is 4.79 Å². The van der Waals surface area contributed by atoms with Gasteiger partial charge in [0.1, 0.15) is 0 Å². The maximum absolute atomic E-state index is 12.6. The summed E-state index contributed by atoms with van der Waals surface area (Å²) < 4.78 is 26.7. The van der Waals surface area contributed by atoms with Crippen LogP contribution in [0.3, 0.4) is 0 Å². The van der Waals surface area contributed by atoms with Crippen LogP contribution in [0, 0.1) is 0 Å². The number of rotatable bonds is 7. The molecule has 1 aromatic rings. The third kappa shape index (κ3) is 4.77. The second kappa shape index (κ2) is 8.56. The van der Waals surface area contributed by atoms with Crippen LogP contribution in [-0.4, -0.2) is 49.3 Å². The zero-order valence-electron chi connectivity index (χ0n) is 14.4. The van der Waals surface area contributed by atoms with Crippen molar-refractivity contribution in [2.75, 3.05) is 25.4 Å². The molecule has 0 unspecified atom stereocenters. The average molecular weight is 383 g/mol. The van der Waals surface area contributed by atoms with Crippen molar-refractivity contribution in [2.24, 2.45) is 0 Å². The lowest BCUT2D eigenvalue weighted by Gasteiger charge is -2.16. The molecule has 0 aromatic heterocycles. The van der Waals surface area contributed by atoms with Gasteiger partial charge < -0.3 is 5.32 Å². The fourth-order valence-electron chi connectivity index (χ4n) is 3.42. The van der Waals surface area contributed by atoms with E-state index in [4.69, 9.17) is 0 Å². The summed E-state index contributed by atoms with van der Waals surface area (Å²) in [5, 5.41) is 3.64. The Balaban J connectivity index is 1.55. The molecule has 1 aliphatic carbocycles. The quantitative estimate of drug-likeness (QED) is 0.737. The second-order valence-corrected chi connectivity index (χ2v) is 10.0. The summed E-state index contributed by atoms with van der Waals surface area (Å²) in [6.07, 6.45) is 7.02. The molecule has 1 amide bonds. The van der Waals surface area contributed by atoms with Crippen molar-refractivity contribution in [3.05, 3.63) is 29.8 Å². The highest BCUT2D eigenvalue weighted by Gasteiger charge is 2.27. The van der Waals surface area contributed by atoms with E-state index < -0.39 is 10.0 Å². The van der Waals surface area contributed by atoms with E-state index in [0.717, 1.165) is 23.8 Å². The summed E-state index contributed by atoms with van der Waals surface area (Å²) in [6.45, 7) is 1.75. The van der Waals surface area contributed by atoms with Gasteiger partial charge in [0.05, 0.1) is 4.90 Å². The summed E-state index contributed by atoms with van der Waals surface area (Å²) >= 11 is 1.93. The molecule has 1 saturated heterocycles. The number of benzene rings is 1. The van der Waals surface area contributed by atoms with Crippen LogP contribution in [-0.2, 0) is 10.0 Å². The van der Waals surface area contributed by atoms with Gasteiger partial charge >= 0.3 is 0 Å². The lowest BCUT2D eigenvalue weighted by atomic mass is 10.2. The number of hydrogen-bond donors (Lipinski definition) is 1. The minimum Gasteiger partial charge on any atom is -0.351 e. The topological polar surface area (TPSA) is 66.5 Å². The highest BCUT2D eigenvalue weighted by Crippen LogP contribution is 2.28. The van der Waals surface area contributed by atoms with Crippen LogP contribution in [0.4, 0.5) is 0 Å². The van der Waals surface area contributed by atoms with Crippen LogP contribution in [0.2, 0.25) is 0 Å². The first-order chi connectivity index (χ1) is 12.1. The maximum atomic E-state index is 12.6. The Morgan fingerprint density at radius 2 is 1.88 bits per heavy atom. The molecule has 25 heavy (non-hydrogen) atoms.